The molecule has 0 bridgehead atoms. The summed E-state index contributed by atoms with van der Waals surface area (Å²) in [5.74, 6) is 0.853. The molecule has 0 spiro atoms. The van der Waals surface area contributed by atoms with Crippen LogP contribution >= 0.6 is 0 Å². The number of fused-ring (bicyclic) bond motifs is 3. The van der Waals surface area contributed by atoms with Crippen molar-refractivity contribution in [3.8, 4) is 0 Å². The number of anilines is 1. The highest BCUT2D eigenvalue weighted by Crippen LogP contribution is 2.33. The van der Waals surface area contributed by atoms with Crippen LogP contribution in [0.5, 0.6) is 0 Å². The van der Waals surface area contributed by atoms with Gasteiger partial charge in [0, 0.05) is 18.5 Å². The van der Waals surface area contributed by atoms with Gasteiger partial charge in [0.1, 0.15) is 17.4 Å². The van der Waals surface area contributed by atoms with Crippen molar-refractivity contribution in [2.45, 2.75) is 12.5 Å². The lowest BCUT2D eigenvalue weighted by Gasteiger charge is -2.17. The fourth-order valence-corrected chi connectivity index (χ4v) is 3.00. The Morgan fingerprint density at radius 2 is 2.27 bits per heavy atom. The highest BCUT2D eigenvalue weighted by molar-refractivity contribution is 6.05. The molecule has 1 fully saturated rings. The van der Waals surface area contributed by atoms with E-state index >= 15 is 0 Å². The van der Waals surface area contributed by atoms with Crippen molar-refractivity contribution in [3.05, 3.63) is 43.2 Å². The van der Waals surface area contributed by atoms with Gasteiger partial charge >= 0.3 is 0 Å². The normalized spacial score (nSPS) is 18.4. The fourth-order valence-electron chi connectivity index (χ4n) is 3.00. The van der Waals surface area contributed by atoms with Gasteiger partial charge in [-0.25, -0.2) is 9.97 Å². The van der Waals surface area contributed by atoms with Crippen LogP contribution in [-0.2, 0) is 4.74 Å². The molecule has 22 heavy (non-hydrogen) atoms. The second kappa shape index (κ2) is 5.42. The Kier molecular flexibility index (Phi) is 3.27. The number of aromatic nitrogens is 2. The third-order valence-corrected chi connectivity index (χ3v) is 4.03. The van der Waals surface area contributed by atoms with Gasteiger partial charge in [-0.05, 0) is 18.6 Å². The van der Waals surface area contributed by atoms with Crippen molar-refractivity contribution in [2.75, 3.05) is 24.6 Å². The Balaban J connectivity index is 1.72. The molecule has 112 valence electrons. The maximum absolute atomic E-state index is 5.99. The molecule has 1 aliphatic heterocycles. The Labute approximate surface area is 128 Å². The summed E-state index contributed by atoms with van der Waals surface area (Å²) in [6.07, 6.45) is 4.59. The van der Waals surface area contributed by atoms with Crippen molar-refractivity contribution in [1.82, 2.24) is 9.97 Å². The van der Waals surface area contributed by atoms with Crippen LogP contribution in [0.1, 0.15) is 6.42 Å². The van der Waals surface area contributed by atoms with Crippen LogP contribution in [0.2, 0.25) is 0 Å². The number of ether oxygens (including phenoxy) is 1. The SMILES string of the molecule is C=CCOC1CCN(c2ncnc3c2oc2ccccc23)C1. The van der Waals surface area contributed by atoms with E-state index in [9.17, 15) is 0 Å². The highest BCUT2D eigenvalue weighted by Gasteiger charge is 2.26. The summed E-state index contributed by atoms with van der Waals surface area (Å²) >= 11 is 0. The van der Waals surface area contributed by atoms with Gasteiger partial charge in [-0.1, -0.05) is 18.2 Å². The van der Waals surface area contributed by atoms with Gasteiger partial charge in [-0.15, -0.1) is 6.58 Å². The smallest absolute Gasteiger partial charge is 0.196 e. The van der Waals surface area contributed by atoms with Crippen LogP contribution in [0.25, 0.3) is 22.1 Å². The van der Waals surface area contributed by atoms with Gasteiger partial charge < -0.3 is 14.1 Å². The van der Waals surface area contributed by atoms with E-state index in [2.05, 4.69) is 21.4 Å². The summed E-state index contributed by atoms with van der Waals surface area (Å²) in [6, 6.07) is 7.94. The average Bonchev–Trinajstić information content (AvgIpc) is 3.17. The van der Waals surface area contributed by atoms with Crippen molar-refractivity contribution in [1.29, 1.82) is 0 Å². The van der Waals surface area contributed by atoms with Gasteiger partial charge in [-0.3, -0.25) is 0 Å². The van der Waals surface area contributed by atoms with Gasteiger partial charge in [0.05, 0.1) is 12.7 Å². The number of para-hydroxylation sites is 1. The zero-order valence-corrected chi connectivity index (χ0v) is 12.2. The summed E-state index contributed by atoms with van der Waals surface area (Å²) in [6.45, 7) is 6.00. The predicted molar refractivity (Wildman–Crippen MR) is 86.1 cm³/mol. The molecule has 1 unspecified atom stereocenters. The molecule has 5 heteroatoms. The molecule has 4 rings (SSSR count). The topological polar surface area (TPSA) is 51.4 Å². The Bertz CT molecular complexity index is 827. The second-order valence-electron chi connectivity index (χ2n) is 5.45. The summed E-state index contributed by atoms with van der Waals surface area (Å²) < 4.78 is 11.7. The minimum Gasteiger partial charge on any atom is -0.450 e. The lowest BCUT2D eigenvalue weighted by Crippen LogP contribution is -2.24. The first-order valence-corrected chi connectivity index (χ1v) is 7.46. The van der Waals surface area contributed by atoms with E-state index < -0.39 is 0 Å². The predicted octanol–water partition coefficient (Wildman–Crippen LogP) is 3.16. The van der Waals surface area contributed by atoms with Crippen LogP contribution in [-0.4, -0.2) is 35.8 Å². The Morgan fingerprint density at radius 1 is 1.36 bits per heavy atom. The molecule has 5 nitrogen and oxygen atoms in total. The Hall–Kier alpha value is -2.40. The van der Waals surface area contributed by atoms with Gasteiger partial charge in [-0.2, -0.15) is 0 Å². The maximum Gasteiger partial charge on any atom is 0.196 e. The maximum atomic E-state index is 5.99. The Morgan fingerprint density at radius 3 is 3.18 bits per heavy atom. The standard InChI is InChI=1S/C17H17N3O2/c1-2-9-21-12-7-8-20(10-12)17-16-15(18-11-19-17)13-5-3-4-6-14(13)22-16/h2-6,11-12H,1,7-10H2. The molecule has 0 N–H and O–H groups in total. The van der Waals surface area contributed by atoms with E-state index in [1.807, 2.05) is 24.3 Å². The zero-order chi connectivity index (χ0) is 14.9. The second-order valence-corrected chi connectivity index (χ2v) is 5.45. The summed E-state index contributed by atoms with van der Waals surface area (Å²) in [5.41, 5.74) is 2.47. The van der Waals surface area contributed by atoms with Crippen LogP contribution in [0.4, 0.5) is 5.82 Å². The highest BCUT2D eigenvalue weighted by atomic mass is 16.5. The zero-order valence-electron chi connectivity index (χ0n) is 12.2. The van der Waals surface area contributed by atoms with Gasteiger partial charge in [0.2, 0.25) is 0 Å². The summed E-state index contributed by atoms with van der Waals surface area (Å²) in [4.78, 5) is 11.0. The largest absolute Gasteiger partial charge is 0.450 e. The summed E-state index contributed by atoms with van der Waals surface area (Å²) in [7, 11) is 0. The molecule has 2 aromatic heterocycles. The van der Waals surface area contributed by atoms with E-state index in [-0.39, 0.29) is 6.10 Å². The monoisotopic (exact) mass is 295 g/mol. The van der Waals surface area contributed by atoms with Crippen molar-refractivity contribution in [2.24, 2.45) is 0 Å². The number of rotatable bonds is 4. The average molecular weight is 295 g/mol. The lowest BCUT2D eigenvalue weighted by atomic mass is 10.2. The minimum absolute atomic E-state index is 0.215. The first-order chi connectivity index (χ1) is 10.9. The number of hydrogen-bond donors (Lipinski definition) is 0. The third kappa shape index (κ3) is 2.14. The number of furan rings is 1. The van der Waals surface area contributed by atoms with Crippen molar-refractivity contribution in [3.63, 3.8) is 0 Å². The molecule has 3 aromatic rings. The number of hydrogen-bond acceptors (Lipinski definition) is 5. The minimum atomic E-state index is 0.215. The van der Waals surface area contributed by atoms with E-state index in [1.165, 1.54) is 0 Å². The van der Waals surface area contributed by atoms with Gasteiger partial charge in [0.15, 0.2) is 11.4 Å². The molecule has 0 saturated carbocycles. The van der Waals surface area contributed by atoms with E-state index in [0.717, 1.165) is 47.4 Å². The molecule has 0 radical (unpaired) electrons. The van der Waals surface area contributed by atoms with Gasteiger partial charge in [0.25, 0.3) is 0 Å². The molecule has 1 atom stereocenters. The quantitative estimate of drug-likeness (QED) is 0.692. The third-order valence-electron chi connectivity index (χ3n) is 4.03. The van der Waals surface area contributed by atoms with E-state index in [1.54, 1.807) is 12.4 Å². The molecular formula is C17H17N3O2. The molecule has 3 heterocycles. The summed E-state index contributed by atoms with van der Waals surface area (Å²) in [5, 5.41) is 1.03. The van der Waals surface area contributed by atoms with Crippen LogP contribution < -0.4 is 4.90 Å². The molecular weight excluding hydrogens is 278 g/mol. The molecule has 0 amide bonds. The van der Waals surface area contributed by atoms with E-state index in [4.69, 9.17) is 9.15 Å². The molecule has 1 aliphatic rings. The fraction of sp³-hybridized carbons (Fsp3) is 0.294. The molecule has 0 aliphatic carbocycles. The molecule has 1 saturated heterocycles. The van der Waals surface area contributed by atoms with Crippen LogP contribution in [0.15, 0.2) is 47.7 Å². The van der Waals surface area contributed by atoms with Crippen molar-refractivity contribution < 1.29 is 9.15 Å². The first-order valence-electron chi connectivity index (χ1n) is 7.46. The lowest BCUT2D eigenvalue weighted by molar-refractivity contribution is 0.0909. The number of benzene rings is 1. The number of nitrogens with zero attached hydrogens (tertiary/aromatic N) is 3. The van der Waals surface area contributed by atoms with Crippen LogP contribution in [0.3, 0.4) is 0 Å². The van der Waals surface area contributed by atoms with E-state index in [0.29, 0.717) is 6.61 Å². The first kappa shape index (κ1) is 13.3. The molecule has 1 aromatic carbocycles. The van der Waals surface area contributed by atoms with Crippen LogP contribution in [0, 0.1) is 0 Å². The van der Waals surface area contributed by atoms with Crippen molar-refractivity contribution >= 4 is 27.9 Å².